The van der Waals surface area contributed by atoms with Gasteiger partial charge in [0.2, 0.25) is 5.91 Å². The van der Waals surface area contributed by atoms with Gasteiger partial charge in [-0.15, -0.1) is 0 Å². The monoisotopic (exact) mass is 399 g/mol. The van der Waals surface area contributed by atoms with Crippen LogP contribution in [0.25, 0.3) is 0 Å². The predicted molar refractivity (Wildman–Crippen MR) is 114 cm³/mol. The first kappa shape index (κ1) is 24.3. The van der Waals surface area contributed by atoms with E-state index in [1.54, 1.807) is 18.3 Å². The summed E-state index contributed by atoms with van der Waals surface area (Å²) in [5, 5.41) is 23.0. The lowest BCUT2D eigenvalue weighted by Crippen LogP contribution is -2.38. The molecule has 1 heterocycles. The Kier molecular flexibility index (Phi) is 10.7. The molecule has 7 nitrogen and oxygen atoms in total. The number of amides is 2. The second kappa shape index (κ2) is 12.7. The van der Waals surface area contributed by atoms with Crippen LogP contribution in [0.15, 0.2) is 48.8 Å². The van der Waals surface area contributed by atoms with E-state index >= 15 is 0 Å². The second-order valence-electron chi connectivity index (χ2n) is 7.35. The number of carbonyl (C=O) groups is 2. The van der Waals surface area contributed by atoms with Crippen molar-refractivity contribution in [2.45, 2.75) is 40.2 Å². The average molecular weight is 399 g/mol. The molecule has 0 saturated carbocycles. The molecule has 8 heteroatoms. The van der Waals surface area contributed by atoms with Crippen molar-refractivity contribution in [1.82, 2.24) is 15.6 Å². The van der Waals surface area contributed by atoms with E-state index in [1.807, 2.05) is 31.2 Å². The van der Waals surface area contributed by atoms with Crippen LogP contribution >= 0.6 is 0 Å². The Labute approximate surface area is 172 Å². The van der Waals surface area contributed by atoms with Crippen molar-refractivity contribution in [2.24, 2.45) is 5.92 Å². The molecule has 2 rings (SSSR count). The Morgan fingerprint density at radius 3 is 2.31 bits per heavy atom. The van der Waals surface area contributed by atoms with Crippen molar-refractivity contribution >= 4 is 18.9 Å². The average Bonchev–Trinajstić information content (AvgIpc) is 2.66. The van der Waals surface area contributed by atoms with Gasteiger partial charge in [0, 0.05) is 12.4 Å². The van der Waals surface area contributed by atoms with Gasteiger partial charge < -0.3 is 20.7 Å². The zero-order chi connectivity index (χ0) is 21.8. The van der Waals surface area contributed by atoms with Gasteiger partial charge in [-0.3, -0.25) is 14.6 Å². The van der Waals surface area contributed by atoms with Crippen LogP contribution in [0.1, 0.15) is 54.7 Å². The summed E-state index contributed by atoms with van der Waals surface area (Å²) in [5.74, 6) is 0.101. The number of pyridine rings is 1. The molecule has 4 N–H and O–H groups in total. The fourth-order valence-corrected chi connectivity index (χ4v) is 2.42. The summed E-state index contributed by atoms with van der Waals surface area (Å²) in [6.07, 6.45) is 2.73. The van der Waals surface area contributed by atoms with E-state index in [2.05, 4.69) is 36.4 Å². The number of hydrogen-bond acceptors (Lipinski definition) is 5. The van der Waals surface area contributed by atoms with Gasteiger partial charge in [-0.1, -0.05) is 45.0 Å². The van der Waals surface area contributed by atoms with Crippen LogP contribution in [0, 0.1) is 12.8 Å². The van der Waals surface area contributed by atoms with Gasteiger partial charge in [-0.05, 0) is 36.1 Å². The molecule has 2 aromatic rings. The molecule has 1 unspecified atom stereocenters. The van der Waals surface area contributed by atoms with E-state index in [0.717, 1.165) is 17.0 Å². The Bertz CT molecular complexity index is 767. The van der Waals surface area contributed by atoms with Gasteiger partial charge in [-0.2, -0.15) is 0 Å². The van der Waals surface area contributed by atoms with Gasteiger partial charge in [0.25, 0.3) is 5.91 Å². The normalized spacial score (nSPS) is 11.1. The summed E-state index contributed by atoms with van der Waals surface area (Å²) in [5.41, 5.74) is 2.15. The number of aromatic nitrogens is 1. The van der Waals surface area contributed by atoms with Crippen LogP contribution in [0.5, 0.6) is 0 Å². The third kappa shape index (κ3) is 9.87. The minimum absolute atomic E-state index is 0.0242. The van der Waals surface area contributed by atoms with Gasteiger partial charge in [0.15, 0.2) is 0 Å². The third-order valence-corrected chi connectivity index (χ3v) is 3.66. The van der Waals surface area contributed by atoms with Crippen molar-refractivity contribution in [3.63, 3.8) is 0 Å². The number of hydrogen-bond donors (Lipinski definition) is 4. The van der Waals surface area contributed by atoms with Crippen LogP contribution in [-0.4, -0.2) is 40.4 Å². The summed E-state index contributed by atoms with van der Waals surface area (Å²) in [6, 6.07) is 10.2. The van der Waals surface area contributed by atoms with Crippen molar-refractivity contribution < 1.29 is 19.6 Å². The highest BCUT2D eigenvalue weighted by Crippen LogP contribution is 2.21. The first-order valence-corrected chi connectivity index (χ1v) is 9.60. The topological polar surface area (TPSA) is 112 Å². The van der Waals surface area contributed by atoms with E-state index in [4.69, 9.17) is 10.0 Å². The zero-order valence-corrected chi connectivity index (χ0v) is 17.4. The van der Waals surface area contributed by atoms with E-state index in [9.17, 15) is 9.59 Å². The van der Waals surface area contributed by atoms with E-state index in [1.165, 1.54) is 6.20 Å². The fourth-order valence-electron chi connectivity index (χ4n) is 2.42. The Morgan fingerprint density at radius 1 is 1.10 bits per heavy atom. The first-order valence-electron chi connectivity index (χ1n) is 9.60. The molecule has 0 radical (unpaired) electrons. The van der Waals surface area contributed by atoms with Gasteiger partial charge in [-0.25, -0.2) is 0 Å². The second-order valence-corrected chi connectivity index (χ2v) is 7.35. The van der Waals surface area contributed by atoms with Gasteiger partial charge in [0.05, 0.1) is 24.5 Å². The molecule has 29 heavy (non-hydrogen) atoms. The molecule has 2 amide bonds. The van der Waals surface area contributed by atoms with Crippen molar-refractivity contribution in [2.75, 3.05) is 6.44 Å². The lowest BCUT2D eigenvalue weighted by atomic mass is 9.92. The maximum Gasteiger partial charge on any atom is 0.472 e. The molecule has 0 aliphatic carbocycles. The predicted octanol–water partition coefficient (Wildman–Crippen LogP) is 2.04. The minimum atomic E-state index is -1.62. The molecule has 0 saturated heterocycles. The summed E-state index contributed by atoms with van der Waals surface area (Å²) in [6.45, 7) is 8.40. The molecule has 1 aromatic heterocycles. The summed E-state index contributed by atoms with van der Waals surface area (Å²) < 4.78 is 0. The Morgan fingerprint density at radius 2 is 1.76 bits per heavy atom. The highest BCUT2D eigenvalue weighted by molar-refractivity contribution is 6.41. The number of aryl methyl sites for hydroxylation is 1. The van der Waals surface area contributed by atoms with E-state index in [-0.39, 0.29) is 18.8 Å². The highest BCUT2D eigenvalue weighted by Gasteiger charge is 2.21. The van der Waals surface area contributed by atoms with Crippen LogP contribution < -0.4 is 10.6 Å². The molecule has 0 fully saturated rings. The number of nitrogens with zero attached hydrogens (tertiary/aromatic N) is 1. The zero-order valence-electron chi connectivity index (χ0n) is 17.4. The van der Waals surface area contributed by atoms with Crippen LogP contribution in [0.4, 0.5) is 0 Å². The first-order chi connectivity index (χ1) is 13.7. The number of carbonyl (C=O) groups excluding carboxylic acids is 2. The Hall–Kier alpha value is -2.71. The standard InChI is InChI=1S/C17H20BN3O4.C4H10/c1-12-5-2-3-7-14(12)15(9-16(22)20-11-18(24)25)21-17(23)13-6-4-8-19-10-13;1-4(2)3/h2-8,10,15,24-25H,9,11H2,1H3,(H,20,22)(H,21,23);4H,1-3H3. The lowest BCUT2D eigenvalue weighted by Gasteiger charge is -2.21. The molecule has 0 aliphatic heterocycles. The molecular weight excluding hydrogens is 369 g/mol. The summed E-state index contributed by atoms with van der Waals surface area (Å²) in [7, 11) is -1.62. The quantitative estimate of drug-likeness (QED) is 0.533. The van der Waals surface area contributed by atoms with Gasteiger partial charge >= 0.3 is 7.12 Å². The van der Waals surface area contributed by atoms with Crippen LogP contribution in [0.2, 0.25) is 0 Å². The number of benzene rings is 1. The number of rotatable bonds is 7. The third-order valence-electron chi connectivity index (χ3n) is 3.66. The van der Waals surface area contributed by atoms with Crippen LogP contribution in [-0.2, 0) is 4.79 Å². The molecule has 1 aromatic carbocycles. The van der Waals surface area contributed by atoms with E-state index < -0.39 is 19.1 Å². The fraction of sp³-hybridized carbons (Fsp3) is 0.381. The van der Waals surface area contributed by atoms with Crippen molar-refractivity contribution in [1.29, 1.82) is 0 Å². The van der Waals surface area contributed by atoms with Gasteiger partial charge in [0.1, 0.15) is 0 Å². The van der Waals surface area contributed by atoms with Crippen molar-refractivity contribution in [3.05, 3.63) is 65.5 Å². The SMILES string of the molecule is CC(C)C.Cc1ccccc1C(CC(=O)NCB(O)O)NC(=O)c1cccnc1. The number of nitrogens with one attached hydrogen (secondary N) is 2. The maximum atomic E-state index is 12.4. The van der Waals surface area contributed by atoms with E-state index in [0.29, 0.717) is 5.56 Å². The minimum Gasteiger partial charge on any atom is -0.426 e. The van der Waals surface area contributed by atoms with Crippen LogP contribution in [0.3, 0.4) is 0 Å². The largest absolute Gasteiger partial charge is 0.472 e. The molecule has 156 valence electrons. The molecule has 0 spiro atoms. The van der Waals surface area contributed by atoms with Crippen molar-refractivity contribution in [3.8, 4) is 0 Å². The summed E-state index contributed by atoms with van der Waals surface area (Å²) in [4.78, 5) is 28.4. The highest BCUT2D eigenvalue weighted by atomic mass is 16.4. The Balaban J connectivity index is 0.000000960. The molecule has 0 aliphatic rings. The molecule has 1 atom stereocenters. The molecule has 0 bridgehead atoms. The smallest absolute Gasteiger partial charge is 0.426 e. The maximum absolute atomic E-state index is 12.4. The summed E-state index contributed by atoms with van der Waals surface area (Å²) >= 11 is 0. The lowest BCUT2D eigenvalue weighted by molar-refractivity contribution is -0.121. The molecular formula is C21H30BN3O4.